The molecular formula is C13H11FN2O3S. The lowest BCUT2D eigenvalue weighted by atomic mass is 10.2. The van der Waals surface area contributed by atoms with E-state index in [9.17, 15) is 9.18 Å². The van der Waals surface area contributed by atoms with E-state index in [4.69, 9.17) is 9.15 Å². The standard InChI is InChI=1S/C13H11FN2O3S/c1-7-6-10(12(17)18-7)20-13-16-15-11(19-13)8-4-2-3-5-9(8)14/h2-5,7,10H,6H2,1H3/t7-,10-/m1/s1. The second-order valence-corrected chi connectivity index (χ2v) is 5.60. The molecule has 1 aliphatic heterocycles. The van der Waals surface area contributed by atoms with Gasteiger partial charge in [-0.15, -0.1) is 10.2 Å². The molecular weight excluding hydrogens is 283 g/mol. The Balaban J connectivity index is 1.78. The highest BCUT2D eigenvalue weighted by Crippen LogP contribution is 2.33. The third-order valence-corrected chi connectivity index (χ3v) is 3.92. The molecule has 2 atom stereocenters. The molecule has 0 radical (unpaired) electrons. The number of rotatable bonds is 3. The Hall–Kier alpha value is -1.89. The van der Waals surface area contributed by atoms with Gasteiger partial charge in [0.2, 0.25) is 0 Å². The molecule has 1 aliphatic rings. The quantitative estimate of drug-likeness (QED) is 0.811. The molecule has 1 saturated heterocycles. The van der Waals surface area contributed by atoms with Crippen LogP contribution in [0.1, 0.15) is 13.3 Å². The summed E-state index contributed by atoms with van der Waals surface area (Å²) in [4.78, 5) is 11.5. The maximum absolute atomic E-state index is 13.6. The Morgan fingerprint density at radius 2 is 2.15 bits per heavy atom. The van der Waals surface area contributed by atoms with Crippen molar-refractivity contribution in [2.45, 2.75) is 29.9 Å². The minimum Gasteiger partial charge on any atom is -0.462 e. The number of thioether (sulfide) groups is 1. The first-order chi connectivity index (χ1) is 9.63. The van der Waals surface area contributed by atoms with Gasteiger partial charge in [0.1, 0.15) is 17.2 Å². The van der Waals surface area contributed by atoms with Crippen molar-refractivity contribution in [1.82, 2.24) is 10.2 Å². The summed E-state index contributed by atoms with van der Waals surface area (Å²) in [5, 5.41) is 7.52. The lowest BCUT2D eigenvalue weighted by Gasteiger charge is -1.99. The Labute approximate surface area is 118 Å². The van der Waals surface area contributed by atoms with Crippen LogP contribution in [0.3, 0.4) is 0 Å². The number of aromatic nitrogens is 2. The van der Waals surface area contributed by atoms with Gasteiger partial charge in [-0.2, -0.15) is 0 Å². The van der Waals surface area contributed by atoms with Gasteiger partial charge in [0, 0.05) is 6.42 Å². The Morgan fingerprint density at radius 3 is 2.85 bits per heavy atom. The largest absolute Gasteiger partial charge is 0.462 e. The zero-order chi connectivity index (χ0) is 14.1. The van der Waals surface area contributed by atoms with Crippen molar-refractivity contribution in [3.63, 3.8) is 0 Å². The van der Waals surface area contributed by atoms with Crippen LogP contribution in [0, 0.1) is 5.82 Å². The van der Waals surface area contributed by atoms with E-state index in [0.29, 0.717) is 6.42 Å². The van der Waals surface area contributed by atoms with Crippen LogP contribution in [0.4, 0.5) is 4.39 Å². The van der Waals surface area contributed by atoms with Gasteiger partial charge in [-0.3, -0.25) is 4.79 Å². The van der Waals surface area contributed by atoms with Crippen molar-refractivity contribution in [2.24, 2.45) is 0 Å². The highest BCUT2D eigenvalue weighted by Gasteiger charge is 2.34. The number of carbonyl (C=O) groups is 1. The summed E-state index contributed by atoms with van der Waals surface area (Å²) in [5.41, 5.74) is 0.245. The monoisotopic (exact) mass is 294 g/mol. The van der Waals surface area contributed by atoms with Gasteiger partial charge in [-0.05, 0) is 30.8 Å². The number of benzene rings is 1. The predicted molar refractivity (Wildman–Crippen MR) is 69.5 cm³/mol. The molecule has 0 aliphatic carbocycles. The summed E-state index contributed by atoms with van der Waals surface area (Å²) in [5.74, 6) is -0.611. The Morgan fingerprint density at radius 1 is 1.35 bits per heavy atom. The maximum atomic E-state index is 13.6. The number of cyclic esters (lactones) is 1. The molecule has 5 nitrogen and oxygen atoms in total. The zero-order valence-corrected chi connectivity index (χ0v) is 11.4. The fourth-order valence-corrected chi connectivity index (χ4v) is 2.92. The molecule has 0 amide bonds. The van der Waals surface area contributed by atoms with Gasteiger partial charge >= 0.3 is 5.97 Å². The first kappa shape index (κ1) is 13.1. The van der Waals surface area contributed by atoms with Gasteiger partial charge < -0.3 is 9.15 Å². The van der Waals surface area contributed by atoms with Crippen LogP contribution in [-0.4, -0.2) is 27.5 Å². The van der Waals surface area contributed by atoms with Crippen LogP contribution in [-0.2, 0) is 9.53 Å². The number of halogens is 1. The Bertz CT molecular complexity index is 646. The van der Waals surface area contributed by atoms with Gasteiger partial charge in [-0.25, -0.2) is 4.39 Å². The van der Waals surface area contributed by atoms with Crippen molar-refractivity contribution in [3.8, 4) is 11.5 Å². The summed E-state index contributed by atoms with van der Waals surface area (Å²) in [6.45, 7) is 1.83. The smallest absolute Gasteiger partial charge is 0.320 e. The molecule has 1 fully saturated rings. The van der Waals surface area contributed by atoms with E-state index in [1.807, 2.05) is 6.92 Å². The molecule has 1 aromatic carbocycles. The second kappa shape index (κ2) is 5.24. The van der Waals surface area contributed by atoms with Crippen molar-refractivity contribution in [1.29, 1.82) is 0 Å². The minimum absolute atomic E-state index is 0.102. The molecule has 1 aromatic heterocycles. The maximum Gasteiger partial charge on any atom is 0.320 e. The summed E-state index contributed by atoms with van der Waals surface area (Å²) >= 11 is 1.15. The predicted octanol–water partition coefficient (Wildman–Crippen LogP) is 2.67. The highest BCUT2D eigenvalue weighted by atomic mass is 32.2. The third-order valence-electron chi connectivity index (χ3n) is 2.88. The first-order valence-corrected chi connectivity index (χ1v) is 6.97. The molecule has 7 heteroatoms. The average molecular weight is 294 g/mol. The van der Waals surface area contributed by atoms with Crippen molar-refractivity contribution in [3.05, 3.63) is 30.1 Å². The molecule has 20 heavy (non-hydrogen) atoms. The van der Waals surface area contributed by atoms with E-state index in [2.05, 4.69) is 10.2 Å². The molecule has 0 saturated carbocycles. The van der Waals surface area contributed by atoms with Gasteiger partial charge in [0.05, 0.1) is 5.56 Å². The van der Waals surface area contributed by atoms with E-state index in [1.54, 1.807) is 18.2 Å². The lowest BCUT2D eigenvalue weighted by molar-refractivity contribution is -0.140. The Kier molecular flexibility index (Phi) is 3.43. The van der Waals surface area contributed by atoms with E-state index in [-0.39, 0.29) is 34.0 Å². The van der Waals surface area contributed by atoms with Gasteiger partial charge in [0.15, 0.2) is 0 Å². The number of hydrogen-bond acceptors (Lipinski definition) is 6. The lowest BCUT2D eigenvalue weighted by Crippen LogP contribution is -2.09. The number of esters is 1. The summed E-state index contributed by atoms with van der Waals surface area (Å²) < 4.78 is 24.0. The molecule has 0 spiro atoms. The average Bonchev–Trinajstić information content (AvgIpc) is 2.98. The topological polar surface area (TPSA) is 65.2 Å². The molecule has 0 bridgehead atoms. The molecule has 2 heterocycles. The minimum atomic E-state index is -0.429. The molecule has 2 aromatic rings. The van der Waals surface area contributed by atoms with E-state index < -0.39 is 5.82 Å². The van der Waals surface area contributed by atoms with Crippen LogP contribution >= 0.6 is 11.8 Å². The fraction of sp³-hybridized carbons (Fsp3) is 0.308. The number of carbonyl (C=O) groups excluding carboxylic acids is 1. The van der Waals surface area contributed by atoms with Crippen LogP contribution in [0.5, 0.6) is 0 Å². The molecule has 104 valence electrons. The zero-order valence-electron chi connectivity index (χ0n) is 10.6. The van der Waals surface area contributed by atoms with Crippen molar-refractivity contribution < 1.29 is 18.3 Å². The SMILES string of the molecule is C[C@@H]1C[C@@H](Sc2nnc(-c3ccccc3F)o2)C(=O)O1. The first-order valence-electron chi connectivity index (χ1n) is 6.09. The van der Waals surface area contributed by atoms with Crippen LogP contribution in [0.15, 0.2) is 33.9 Å². The number of nitrogens with zero attached hydrogens (tertiary/aromatic N) is 2. The highest BCUT2D eigenvalue weighted by molar-refractivity contribution is 8.00. The van der Waals surface area contributed by atoms with E-state index >= 15 is 0 Å². The molecule has 3 rings (SSSR count). The van der Waals surface area contributed by atoms with E-state index in [0.717, 1.165) is 11.8 Å². The van der Waals surface area contributed by atoms with E-state index in [1.165, 1.54) is 6.07 Å². The van der Waals surface area contributed by atoms with Crippen molar-refractivity contribution >= 4 is 17.7 Å². The van der Waals surface area contributed by atoms with Crippen LogP contribution < -0.4 is 0 Å². The third kappa shape index (κ3) is 2.53. The van der Waals surface area contributed by atoms with Crippen molar-refractivity contribution in [2.75, 3.05) is 0 Å². The normalized spacial score (nSPS) is 22.0. The molecule has 0 N–H and O–H groups in total. The summed E-state index contributed by atoms with van der Waals surface area (Å²) in [6, 6.07) is 6.15. The van der Waals surface area contributed by atoms with Gasteiger partial charge in [-0.1, -0.05) is 12.1 Å². The summed E-state index contributed by atoms with van der Waals surface area (Å²) in [7, 11) is 0. The number of hydrogen-bond donors (Lipinski definition) is 0. The second-order valence-electron chi connectivity index (χ2n) is 4.44. The van der Waals surface area contributed by atoms with Crippen LogP contribution in [0.2, 0.25) is 0 Å². The summed E-state index contributed by atoms with van der Waals surface area (Å²) in [6.07, 6.45) is 0.495. The number of ether oxygens (including phenoxy) is 1. The van der Waals surface area contributed by atoms with Gasteiger partial charge in [0.25, 0.3) is 11.1 Å². The fourth-order valence-electron chi connectivity index (χ4n) is 1.94. The van der Waals surface area contributed by atoms with Crippen LogP contribution in [0.25, 0.3) is 11.5 Å². The molecule has 0 unspecified atom stereocenters.